The summed E-state index contributed by atoms with van der Waals surface area (Å²) in [6.45, 7) is 3.05. The normalized spacial score (nSPS) is 21.7. The van der Waals surface area contributed by atoms with Gasteiger partial charge in [-0.2, -0.15) is 0 Å². The van der Waals surface area contributed by atoms with Crippen LogP contribution in [0.1, 0.15) is 30.1 Å². The lowest BCUT2D eigenvalue weighted by molar-refractivity contribution is 0.0602. The number of Topliss-reactive ketones (excluding diaryl/α,β-unsaturated/α-hetero) is 1. The Morgan fingerprint density at radius 3 is 2.55 bits per heavy atom. The standard InChI is InChI=1S/C17H22O3/c1-13-5-3-4-6-15(13)11-20-12-17(18)14-7-9-16(19-2)10-8-14/h3-4,7-10,13,15H,5-6,11-12H2,1-2H3. The maximum absolute atomic E-state index is 12.0. The van der Waals surface area contributed by atoms with Crippen LogP contribution in [0.15, 0.2) is 36.4 Å². The maximum Gasteiger partial charge on any atom is 0.188 e. The second kappa shape index (κ2) is 7.25. The van der Waals surface area contributed by atoms with Gasteiger partial charge in [0.1, 0.15) is 12.4 Å². The van der Waals surface area contributed by atoms with Crippen LogP contribution in [0, 0.1) is 11.8 Å². The van der Waals surface area contributed by atoms with Gasteiger partial charge in [0, 0.05) is 5.56 Å². The molecular weight excluding hydrogens is 252 g/mol. The van der Waals surface area contributed by atoms with Gasteiger partial charge >= 0.3 is 0 Å². The molecule has 0 bridgehead atoms. The molecule has 0 N–H and O–H groups in total. The van der Waals surface area contributed by atoms with Gasteiger partial charge in [-0.25, -0.2) is 0 Å². The minimum atomic E-state index is 0.0201. The first kappa shape index (κ1) is 14.8. The van der Waals surface area contributed by atoms with E-state index in [1.165, 1.54) is 0 Å². The average molecular weight is 274 g/mol. The van der Waals surface area contributed by atoms with Crippen LogP contribution in [0.3, 0.4) is 0 Å². The SMILES string of the molecule is COc1ccc(C(=O)COCC2CC=CCC2C)cc1. The van der Waals surface area contributed by atoms with Crippen LogP contribution in [0.2, 0.25) is 0 Å². The number of carbonyl (C=O) groups is 1. The summed E-state index contributed by atoms with van der Waals surface area (Å²) >= 11 is 0. The lowest BCUT2D eigenvalue weighted by Gasteiger charge is -2.24. The number of ketones is 1. The van der Waals surface area contributed by atoms with Crippen molar-refractivity contribution in [1.82, 2.24) is 0 Å². The van der Waals surface area contributed by atoms with Crippen molar-refractivity contribution in [3.05, 3.63) is 42.0 Å². The van der Waals surface area contributed by atoms with Crippen molar-refractivity contribution in [1.29, 1.82) is 0 Å². The summed E-state index contributed by atoms with van der Waals surface area (Å²) in [6.07, 6.45) is 6.60. The zero-order valence-corrected chi connectivity index (χ0v) is 12.2. The Kier molecular flexibility index (Phi) is 5.36. The predicted octanol–water partition coefficient (Wildman–Crippen LogP) is 3.50. The summed E-state index contributed by atoms with van der Waals surface area (Å²) < 4.78 is 10.7. The Morgan fingerprint density at radius 2 is 1.90 bits per heavy atom. The summed E-state index contributed by atoms with van der Waals surface area (Å²) in [7, 11) is 1.61. The second-order valence-electron chi connectivity index (χ2n) is 5.35. The Bertz CT molecular complexity index is 462. The van der Waals surface area contributed by atoms with Crippen molar-refractivity contribution >= 4 is 5.78 Å². The van der Waals surface area contributed by atoms with Crippen molar-refractivity contribution in [2.45, 2.75) is 19.8 Å². The van der Waals surface area contributed by atoms with Gasteiger partial charge in [0.25, 0.3) is 0 Å². The molecule has 0 saturated heterocycles. The first-order valence-corrected chi connectivity index (χ1v) is 7.10. The van der Waals surface area contributed by atoms with E-state index in [1.807, 2.05) is 0 Å². The lowest BCUT2D eigenvalue weighted by atomic mass is 9.85. The number of hydrogen-bond acceptors (Lipinski definition) is 3. The molecule has 0 spiro atoms. The van der Waals surface area contributed by atoms with E-state index in [0.29, 0.717) is 24.0 Å². The Labute approximate surface area is 120 Å². The highest BCUT2D eigenvalue weighted by molar-refractivity contribution is 5.97. The van der Waals surface area contributed by atoms with E-state index in [9.17, 15) is 4.79 Å². The van der Waals surface area contributed by atoms with E-state index in [0.717, 1.165) is 18.6 Å². The fourth-order valence-corrected chi connectivity index (χ4v) is 2.40. The lowest BCUT2D eigenvalue weighted by Crippen LogP contribution is -2.21. The maximum atomic E-state index is 12.0. The van der Waals surface area contributed by atoms with E-state index in [1.54, 1.807) is 31.4 Å². The number of ether oxygens (including phenoxy) is 2. The zero-order valence-electron chi connectivity index (χ0n) is 12.2. The zero-order chi connectivity index (χ0) is 14.4. The van der Waals surface area contributed by atoms with Crippen molar-refractivity contribution in [2.75, 3.05) is 20.3 Å². The van der Waals surface area contributed by atoms with Gasteiger partial charge in [0.05, 0.1) is 13.7 Å². The first-order chi connectivity index (χ1) is 9.70. The van der Waals surface area contributed by atoms with Crippen LogP contribution in [-0.4, -0.2) is 26.1 Å². The van der Waals surface area contributed by atoms with Crippen LogP contribution >= 0.6 is 0 Å². The molecule has 1 aliphatic carbocycles. The van der Waals surface area contributed by atoms with E-state index >= 15 is 0 Å². The van der Waals surface area contributed by atoms with Crippen LogP contribution in [0.25, 0.3) is 0 Å². The Morgan fingerprint density at radius 1 is 1.20 bits per heavy atom. The molecule has 0 aromatic heterocycles. The average Bonchev–Trinajstić information content (AvgIpc) is 2.49. The summed E-state index contributed by atoms with van der Waals surface area (Å²) in [4.78, 5) is 12.0. The molecule has 1 aromatic rings. The molecule has 1 aromatic carbocycles. The molecule has 20 heavy (non-hydrogen) atoms. The van der Waals surface area contributed by atoms with Gasteiger partial charge in [-0.05, 0) is 48.9 Å². The number of rotatable bonds is 6. The molecule has 0 saturated carbocycles. The first-order valence-electron chi connectivity index (χ1n) is 7.10. The number of benzene rings is 1. The quantitative estimate of drug-likeness (QED) is 0.588. The van der Waals surface area contributed by atoms with Crippen LogP contribution < -0.4 is 4.74 Å². The highest BCUT2D eigenvalue weighted by atomic mass is 16.5. The van der Waals surface area contributed by atoms with E-state index in [4.69, 9.17) is 9.47 Å². The Balaban J connectivity index is 1.78. The third kappa shape index (κ3) is 3.94. The molecule has 2 rings (SSSR count). The largest absolute Gasteiger partial charge is 0.497 e. The minimum absolute atomic E-state index is 0.0201. The Hall–Kier alpha value is -1.61. The fraction of sp³-hybridized carbons (Fsp3) is 0.471. The topological polar surface area (TPSA) is 35.5 Å². The van der Waals surface area contributed by atoms with Gasteiger partial charge in [-0.3, -0.25) is 4.79 Å². The molecule has 108 valence electrons. The van der Waals surface area contributed by atoms with Crippen LogP contribution in [0.4, 0.5) is 0 Å². The summed E-state index contributed by atoms with van der Waals surface area (Å²) in [5.74, 6) is 1.94. The molecule has 0 amide bonds. The molecule has 1 aliphatic rings. The highest BCUT2D eigenvalue weighted by Crippen LogP contribution is 2.25. The summed E-state index contributed by atoms with van der Waals surface area (Å²) in [5.41, 5.74) is 0.669. The van der Waals surface area contributed by atoms with Gasteiger partial charge in [-0.1, -0.05) is 19.1 Å². The smallest absolute Gasteiger partial charge is 0.188 e. The molecule has 0 radical (unpaired) electrons. The highest BCUT2D eigenvalue weighted by Gasteiger charge is 2.18. The molecule has 3 heteroatoms. The van der Waals surface area contributed by atoms with Gasteiger partial charge < -0.3 is 9.47 Å². The van der Waals surface area contributed by atoms with Crippen molar-refractivity contribution in [3.63, 3.8) is 0 Å². The minimum Gasteiger partial charge on any atom is -0.497 e. The van der Waals surface area contributed by atoms with Crippen molar-refractivity contribution < 1.29 is 14.3 Å². The van der Waals surface area contributed by atoms with E-state index in [-0.39, 0.29) is 12.4 Å². The second-order valence-corrected chi connectivity index (χ2v) is 5.35. The molecule has 0 heterocycles. The molecule has 2 atom stereocenters. The van der Waals surface area contributed by atoms with Gasteiger partial charge in [0.2, 0.25) is 0 Å². The third-order valence-electron chi connectivity index (χ3n) is 3.90. The summed E-state index contributed by atoms with van der Waals surface area (Å²) in [5, 5.41) is 0. The van der Waals surface area contributed by atoms with Crippen LogP contribution in [-0.2, 0) is 4.74 Å². The molecule has 0 aliphatic heterocycles. The van der Waals surface area contributed by atoms with E-state index in [2.05, 4.69) is 19.1 Å². The number of methoxy groups -OCH3 is 1. The molecule has 2 unspecified atom stereocenters. The van der Waals surface area contributed by atoms with Gasteiger partial charge in [0.15, 0.2) is 5.78 Å². The predicted molar refractivity (Wildman–Crippen MR) is 79.2 cm³/mol. The number of carbonyl (C=O) groups excluding carboxylic acids is 1. The fourth-order valence-electron chi connectivity index (χ4n) is 2.40. The monoisotopic (exact) mass is 274 g/mol. The number of hydrogen-bond donors (Lipinski definition) is 0. The van der Waals surface area contributed by atoms with Crippen molar-refractivity contribution in [2.24, 2.45) is 11.8 Å². The molecule has 3 nitrogen and oxygen atoms in total. The van der Waals surface area contributed by atoms with Crippen molar-refractivity contribution in [3.8, 4) is 5.75 Å². The number of allylic oxidation sites excluding steroid dienone is 2. The molecular formula is C17H22O3. The van der Waals surface area contributed by atoms with E-state index < -0.39 is 0 Å². The molecule has 0 fully saturated rings. The third-order valence-corrected chi connectivity index (χ3v) is 3.90. The van der Waals surface area contributed by atoms with Crippen LogP contribution in [0.5, 0.6) is 5.75 Å². The summed E-state index contributed by atoms with van der Waals surface area (Å²) in [6, 6.07) is 7.13. The van der Waals surface area contributed by atoms with Gasteiger partial charge in [-0.15, -0.1) is 0 Å².